The lowest BCUT2D eigenvalue weighted by Gasteiger charge is -2.11. The molecule has 0 aliphatic rings. The number of ether oxygens (including phenoxy) is 1. The summed E-state index contributed by atoms with van der Waals surface area (Å²) >= 11 is 0. The summed E-state index contributed by atoms with van der Waals surface area (Å²) in [4.78, 5) is 24.6. The number of hydrogen-bond acceptors (Lipinski definition) is 4. The first-order valence-corrected chi connectivity index (χ1v) is 9.71. The molecule has 150 valence electrons. The predicted molar refractivity (Wildman–Crippen MR) is 112 cm³/mol. The number of aryl methyl sites for hydroxylation is 1. The molecule has 0 atom stereocenters. The Labute approximate surface area is 170 Å². The maximum absolute atomic E-state index is 12.4. The van der Waals surface area contributed by atoms with Crippen LogP contribution in [0.15, 0.2) is 71.5 Å². The zero-order valence-corrected chi connectivity index (χ0v) is 16.5. The molecule has 0 unspecified atom stereocenters. The van der Waals surface area contributed by atoms with E-state index in [0.29, 0.717) is 31.9 Å². The quantitative estimate of drug-likeness (QED) is 0.569. The molecule has 0 spiro atoms. The molecule has 1 amide bonds. The van der Waals surface area contributed by atoms with Crippen molar-refractivity contribution in [3.8, 4) is 5.69 Å². The van der Waals surface area contributed by atoms with Crippen molar-refractivity contribution in [3.05, 3.63) is 93.9 Å². The highest BCUT2D eigenvalue weighted by atomic mass is 16.5. The Bertz CT molecular complexity index is 985. The van der Waals surface area contributed by atoms with Crippen LogP contribution in [0.1, 0.15) is 28.2 Å². The van der Waals surface area contributed by atoms with Gasteiger partial charge < -0.3 is 10.1 Å². The second-order valence-electron chi connectivity index (χ2n) is 6.70. The van der Waals surface area contributed by atoms with E-state index in [-0.39, 0.29) is 11.1 Å². The molecular weight excluding hydrogens is 366 g/mol. The van der Waals surface area contributed by atoms with Crippen molar-refractivity contribution >= 4 is 5.91 Å². The van der Waals surface area contributed by atoms with Crippen LogP contribution < -0.4 is 10.7 Å². The van der Waals surface area contributed by atoms with Crippen molar-refractivity contribution in [2.24, 2.45) is 0 Å². The minimum absolute atomic E-state index is 0.107. The molecule has 0 aliphatic heterocycles. The minimum atomic E-state index is -0.469. The molecular formula is C23H25N3O3. The molecule has 3 rings (SSSR count). The van der Waals surface area contributed by atoms with E-state index in [2.05, 4.69) is 22.5 Å². The van der Waals surface area contributed by atoms with E-state index < -0.39 is 5.91 Å². The summed E-state index contributed by atoms with van der Waals surface area (Å²) in [5.41, 5.74) is 2.21. The van der Waals surface area contributed by atoms with Crippen LogP contribution in [0.3, 0.4) is 0 Å². The summed E-state index contributed by atoms with van der Waals surface area (Å²) in [6, 6.07) is 21.0. The highest BCUT2D eigenvalue weighted by Gasteiger charge is 2.14. The topological polar surface area (TPSA) is 73.2 Å². The summed E-state index contributed by atoms with van der Waals surface area (Å²) in [5, 5.41) is 7.02. The number of carbonyl (C=O) groups is 1. The first-order chi connectivity index (χ1) is 14.1. The monoisotopic (exact) mass is 391 g/mol. The lowest BCUT2D eigenvalue weighted by Crippen LogP contribution is -2.32. The SMILES string of the molecule is Cc1cc(=O)c(C(=O)NCCCOCCc2ccccc2)nn1-c1ccccc1. The van der Waals surface area contributed by atoms with Crippen LogP contribution >= 0.6 is 0 Å². The Morgan fingerprint density at radius 3 is 2.45 bits per heavy atom. The summed E-state index contributed by atoms with van der Waals surface area (Å²) in [6.07, 6.45) is 1.53. The van der Waals surface area contributed by atoms with E-state index in [4.69, 9.17) is 4.74 Å². The van der Waals surface area contributed by atoms with Crippen molar-refractivity contribution in [1.82, 2.24) is 15.1 Å². The number of amides is 1. The smallest absolute Gasteiger partial charge is 0.275 e. The van der Waals surface area contributed by atoms with Crippen molar-refractivity contribution < 1.29 is 9.53 Å². The number of para-hydroxylation sites is 1. The molecule has 6 nitrogen and oxygen atoms in total. The third-order valence-corrected chi connectivity index (χ3v) is 4.45. The summed E-state index contributed by atoms with van der Waals surface area (Å²) < 4.78 is 7.21. The molecule has 29 heavy (non-hydrogen) atoms. The van der Waals surface area contributed by atoms with Crippen LogP contribution in [-0.2, 0) is 11.2 Å². The molecule has 1 aromatic heterocycles. The molecule has 1 heterocycles. The maximum atomic E-state index is 12.4. The molecule has 0 saturated carbocycles. The van der Waals surface area contributed by atoms with Gasteiger partial charge in [0.05, 0.1) is 12.3 Å². The van der Waals surface area contributed by atoms with Gasteiger partial charge >= 0.3 is 0 Å². The fraction of sp³-hybridized carbons (Fsp3) is 0.261. The van der Waals surface area contributed by atoms with Crippen LogP contribution in [0.2, 0.25) is 0 Å². The van der Waals surface area contributed by atoms with Gasteiger partial charge in [0, 0.05) is 24.9 Å². The molecule has 0 aliphatic carbocycles. The average Bonchev–Trinajstić information content (AvgIpc) is 2.74. The van der Waals surface area contributed by atoms with Gasteiger partial charge in [-0.3, -0.25) is 9.59 Å². The van der Waals surface area contributed by atoms with E-state index >= 15 is 0 Å². The Morgan fingerprint density at radius 2 is 1.72 bits per heavy atom. The number of nitrogens with zero attached hydrogens (tertiary/aromatic N) is 2. The molecule has 0 bridgehead atoms. The lowest BCUT2D eigenvalue weighted by atomic mass is 10.2. The van der Waals surface area contributed by atoms with Gasteiger partial charge in [0.2, 0.25) is 5.43 Å². The molecule has 0 saturated heterocycles. The van der Waals surface area contributed by atoms with E-state index in [1.807, 2.05) is 48.5 Å². The van der Waals surface area contributed by atoms with E-state index in [0.717, 1.165) is 12.1 Å². The van der Waals surface area contributed by atoms with Crippen molar-refractivity contribution in [1.29, 1.82) is 0 Å². The summed E-state index contributed by atoms with van der Waals surface area (Å²) in [7, 11) is 0. The zero-order chi connectivity index (χ0) is 20.5. The Kier molecular flexibility index (Phi) is 7.30. The maximum Gasteiger partial charge on any atom is 0.275 e. The second kappa shape index (κ2) is 10.3. The number of hydrogen-bond donors (Lipinski definition) is 1. The zero-order valence-electron chi connectivity index (χ0n) is 16.5. The van der Waals surface area contributed by atoms with Crippen LogP contribution in [0, 0.1) is 6.92 Å². The molecule has 0 fully saturated rings. The number of carbonyl (C=O) groups excluding carboxylic acids is 1. The van der Waals surface area contributed by atoms with Crippen LogP contribution in [-0.4, -0.2) is 35.4 Å². The minimum Gasteiger partial charge on any atom is -0.381 e. The van der Waals surface area contributed by atoms with Gasteiger partial charge in [-0.25, -0.2) is 4.68 Å². The average molecular weight is 391 g/mol. The van der Waals surface area contributed by atoms with Gasteiger partial charge in [0.25, 0.3) is 5.91 Å². The van der Waals surface area contributed by atoms with Crippen LogP contribution in [0.25, 0.3) is 5.69 Å². The standard InChI is InChI=1S/C23H25N3O3/c1-18-17-21(27)22(25-26(18)20-11-6-3-7-12-20)23(28)24-14-8-15-29-16-13-19-9-4-2-5-10-19/h2-7,9-12,17H,8,13-16H2,1H3,(H,24,28). The number of aromatic nitrogens is 2. The van der Waals surface area contributed by atoms with Gasteiger partial charge in [0.15, 0.2) is 5.69 Å². The predicted octanol–water partition coefficient (Wildman–Crippen LogP) is 2.92. The largest absolute Gasteiger partial charge is 0.381 e. The molecule has 2 aromatic carbocycles. The Balaban J connectivity index is 1.47. The normalized spacial score (nSPS) is 10.7. The van der Waals surface area contributed by atoms with Gasteiger partial charge in [-0.05, 0) is 37.5 Å². The Morgan fingerprint density at radius 1 is 1.03 bits per heavy atom. The van der Waals surface area contributed by atoms with Gasteiger partial charge in [-0.15, -0.1) is 0 Å². The highest BCUT2D eigenvalue weighted by Crippen LogP contribution is 2.07. The highest BCUT2D eigenvalue weighted by molar-refractivity contribution is 5.92. The van der Waals surface area contributed by atoms with Crippen molar-refractivity contribution in [2.75, 3.05) is 19.8 Å². The first-order valence-electron chi connectivity index (χ1n) is 9.71. The number of rotatable bonds is 9. The summed E-state index contributed by atoms with van der Waals surface area (Å²) in [5.74, 6) is -0.469. The number of nitrogens with one attached hydrogen (secondary N) is 1. The second-order valence-corrected chi connectivity index (χ2v) is 6.70. The van der Waals surface area contributed by atoms with E-state index in [1.54, 1.807) is 11.6 Å². The van der Waals surface area contributed by atoms with Crippen molar-refractivity contribution in [3.63, 3.8) is 0 Å². The fourth-order valence-corrected chi connectivity index (χ4v) is 2.93. The number of benzene rings is 2. The van der Waals surface area contributed by atoms with Crippen LogP contribution in [0.4, 0.5) is 0 Å². The fourth-order valence-electron chi connectivity index (χ4n) is 2.93. The molecule has 6 heteroatoms. The molecule has 3 aromatic rings. The third kappa shape index (κ3) is 5.86. The van der Waals surface area contributed by atoms with Gasteiger partial charge in [-0.2, -0.15) is 5.10 Å². The summed E-state index contributed by atoms with van der Waals surface area (Å²) in [6.45, 7) is 3.39. The molecule has 1 N–H and O–H groups in total. The lowest BCUT2D eigenvalue weighted by molar-refractivity contribution is 0.0934. The van der Waals surface area contributed by atoms with Crippen molar-refractivity contribution in [2.45, 2.75) is 19.8 Å². The van der Waals surface area contributed by atoms with Gasteiger partial charge in [-0.1, -0.05) is 48.5 Å². The third-order valence-electron chi connectivity index (χ3n) is 4.45. The van der Waals surface area contributed by atoms with Gasteiger partial charge in [0.1, 0.15) is 0 Å². The van der Waals surface area contributed by atoms with Crippen LogP contribution in [0.5, 0.6) is 0 Å². The first kappa shape index (κ1) is 20.5. The molecule has 0 radical (unpaired) electrons. The van der Waals surface area contributed by atoms with E-state index in [1.165, 1.54) is 11.6 Å². The Hall–Kier alpha value is -3.25. The van der Waals surface area contributed by atoms with E-state index in [9.17, 15) is 9.59 Å².